The summed E-state index contributed by atoms with van der Waals surface area (Å²) in [5.41, 5.74) is 1.82. The first-order chi connectivity index (χ1) is 18.0. The Kier molecular flexibility index (Phi) is 4.66. The van der Waals surface area contributed by atoms with Crippen molar-refractivity contribution in [3.8, 4) is 0 Å². The standard InChI is InChI=1S/C31H25N3O3/c1-19-26-27(29(36)34(28(26)35)24-17-9-13-21-12-5-6-14-22(21)24)31(32-19)23-15-7-8-16-25(23)33(30(31)37)18-20-10-3-2-4-11-20/h2-17,19,26-27,32H,18H2,1H3. The van der Waals surface area contributed by atoms with E-state index in [9.17, 15) is 14.4 Å². The molecule has 6 heteroatoms. The number of anilines is 2. The van der Waals surface area contributed by atoms with Gasteiger partial charge in [-0.15, -0.1) is 0 Å². The molecule has 0 bridgehead atoms. The lowest BCUT2D eigenvalue weighted by atomic mass is 9.76. The van der Waals surface area contributed by atoms with Gasteiger partial charge in [-0.2, -0.15) is 0 Å². The molecule has 1 N–H and O–H groups in total. The van der Waals surface area contributed by atoms with Gasteiger partial charge in [-0.3, -0.25) is 19.7 Å². The topological polar surface area (TPSA) is 69.7 Å². The molecule has 4 unspecified atom stereocenters. The number of nitrogens with one attached hydrogen (secondary N) is 1. The van der Waals surface area contributed by atoms with Gasteiger partial charge >= 0.3 is 0 Å². The molecule has 7 rings (SSSR count). The Hall–Kier alpha value is -4.29. The number of nitrogens with zero attached hydrogens (tertiary/aromatic N) is 2. The van der Waals surface area contributed by atoms with Crippen molar-refractivity contribution in [1.29, 1.82) is 0 Å². The zero-order chi connectivity index (χ0) is 25.3. The van der Waals surface area contributed by atoms with Gasteiger partial charge in [-0.1, -0.05) is 84.9 Å². The van der Waals surface area contributed by atoms with E-state index in [1.807, 2.05) is 104 Å². The van der Waals surface area contributed by atoms with Gasteiger partial charge in [0.05, 0.1) is 24.1 Å². The van der Waals surface area contributed by atoms with Crippen molar-refractivity contribution in [1.82, 2.24) is 5.32 Å². The lowest BCUT2D eigenvalue weighted by Gasteiger charge is -2.30. The third-order valence-electron chi connectivity index (χ3n) is 8.20. The normalized spacial score (nSPS) is 26.4. The third-order valence-corrected chi connectivity index (χ3v) is 8.20. The summed E-state index contributed by atoms with van der Waals surface area (Å²) in [4.78, 5) is 45.6. The number of rotatable bonds is 3. The summed E-state index contributed by atoms with van der Waals surface area (Å²) < 4.78 is 0. The number of para-hydroxylation sites is 1. The molecule has 3 amide bonds. The van der Waals surface area contributed by atoms with Crippen LogP contribution < -0.4 is 15.1 Å². The fraction of sp³-hybridized carbons (Fsp3) is 0.194. The molecule has 6 nitrogen and oxygen atoms in total. The molecule has 2 saturated heterocycles. The Labute approximate surface area is 214 Å². The maximum absolute atomic E-state index is 14.4. The van der Waals surface area contributed by atoms with Crippen LogP contribution in [0.1, 0.15) is 18.1 Å². The highest BCUT2D eigenvalue weighted by Crippen LogP contribution is 2.55. The maximum Gasteiger partial charge on any atom is 0.253 e. The fourth-order valence-corrected chi connectivity index (χ4v) is 6.67. The smallest absolute Gasteiger partial charge is 0.253 e. The molecule has 4 aromatic carbocycles. The lowest BCUT2D eigenvalue weighted by Crippen LogP contribution is -2.54. The summed E-state index contributed by atoms with van der Waals surface area (Å²) in [7, 11) is 0. The molecule has 182 valence electrons. The number of hydrogen-bond donors (Lipinski definition) is 1. The summed E-state index contributed by atoms with van der Waals surface area (Å²) in [6.07, 6.45) is 0. The SMILES string of the molecule is CC1NC2(C(=O)N(Cc3ccccc3)c3ccccc32)C2C(=O)N(c3cccc4ccccc34)C(=O)C12. The van der Waals surface area contributed by atoms with Gasteiger partial charge in [-0.25, -0.2) is 4.90 Å². The van der Waals surface area contributed by atoms with Crippen LogP contribution in [-0.2, 0) is 26.5 Å². The van der Waals surface area contributed by atoms with Crippen LogP contribution in [0.15, 0.2) is 97.1 Å². The predicted octanol–water partition coefficient (Wildman–Crippen LogP) is 4.38. The van der Waals surface area contributed by atoms with E-state index in [-0.39, 0.29) is 23.8 Å². The van der Waals surface area contributed by atoms with Crippen molar-refractivity contribution in [3.05, 3.63) is 108 Å². The van der Waals surface area contributed by atoms with Gasteiger partial charge in [0.25, 0.3) is 5.91 Å². The zero-order valence-corrected chi connectivity index (χ0v) is 20.3. The van der Waals surface area contributed by atoms with E-state index < -0.39 is 17.4 Å². The number of imide groups is 1. The van der Waals surface area contributed by atoms with Crippen LogP contribution in [0, 0.1) is 11.8 Å². The summed E-state index contributed by atoms with van der Waals surface area (Å²) in [6, 6.07) is 30.5. The van der Waals surface area contributed by atoms with Crippen LogP contribution in [0.4, 0.5) is 11.4 Å². The molecule has 0 aromatic heterocycles. The van der Waals surface area contributed by atoms with Crippen LogP contribution in [0.3, 0.4) is 0 Å². The second-order valence-corrected chi connectivity index (χ2v) is 10.1. The van der Waals surface area contributed by atoms with E-state index in [1.165, 1.54) is 4.90 Å². The van der Waals surface area contributed by atoms with Crippen molar-refractivity contribution < 1.29 is 14.4 Å². The average molecular weight is 488 g/mol. The molecule has 0 radical (unpaired) electrons. The lowest BCUT2D eigenvalue weighted by molar-refractivity contribution is -0.132. The highest BCUT2D eigenvalue weighted by Gasteiger charge is 2.71. The van der Waals surface area contributed by atoms with Crippen LogP contribution in [0.2, 0.25) is 0 Å². The number of carbonyl (C=O) groups excluding carboxylic acids is 3. The summed E-state index contributed by atoms with van der Waals surface area (Å²) in [5, 5.41) is 5.26. The van der Waals surface area contributed by atoms with Crippen LogP contribution in [0.5, 0.6) is 0 Å². The Balaban J connectivity index is 1.37. The number of fused-ring (bicyclic) bond motifs is 5. The van der Waals surface area contributed by atoms with Crippen LogP contribution in [-0.4, -0.2) is 23.8 Å². The fourth-order valence-electron chi connectivity index (χ4n) is 6.67. The molecule has 1 spiro atoms. The highest BCUT2D eigenvalue weighted by atomic mass is 16.2. The Morgan fingerprint density at radius 2 is 1.43 bits per heavy atom. The molecule has 4 aromatic rings. The van der Waals surface area contributed by atoms with E-state index in [0.717, 1.165) is 27.6 Å². The van der Waals surface area contributed by atoms with Gasteiger partial charge in [0, 0.05) is 22.7 Å². The second kappa shape index (κ2) is 7.85. The third kappa shape index (κ3) is 2.87. The molecular formula is C31H25N3O3. The number of carbonyl (C=O) groups is 3. The van der Waals surface area contributed by atoms with E-state index in [0.29, 0.717) is 12.2 Å². The summed E-state index contributed by atoms with van der Waals surface area (Å²) >= 11 is 0. The monoisotopic (exact) mass is 487 g/mol. The highest BCUT2D eigenvalue weighted by molar-refractivity contribution is 6.28. The Morgan fingerprint density at radius 1 is 0.757 bits per heavy atom. The molecule has 3 heterocycles. The van der Waals surface area contributed by atoms with Crippen LogP contribution >= 0.6 is 0 Å². The molecule has 0 saturated carbocycles. The van der Waals surface area contributed by atoms with E-state index in [2.05, 4.69) is 5.32 Å². The number of amides is 3. The van der Waals surface area contributed by atoms with Crippen molar-refractivity contribution in [2.24, 2.45) is 11.8 Å². The molecular weight excluding hydrogens is 462 g/mol. The molecule has 3 aliphatic heterocycles. The van der Waals surface area contributed by atoms with Crippen molar-refractivity contribution >= 4 is 39.9 Å². The predicted molar refractivity (Wildman–Crippen MR) is 142 cm³/mol. The number of benzene rings is 4. The zero-order valence-electron chi connectivity index (χ0n) is 20.3. The van der Waals surface area contributed by atoms with Crippen molar-refractivity contribution in [3.63, 3.8) is 0 Å². The quantitative estimate of drug-likeness (QED) is 0.436. The van der Waals surface area contributed by atoms with E-state index in [1.54, 1.807) is 4.90 Å². The largest absolute Gasteiger partial charge is 0.306 e. The first kappa shape index (κ1) is 21.9. The molecule has 37 heavy (non-hydrogen) atoms. The maximum atomic E-state index is 14.4. The van der Waals surface area contributed by atoms with Gasteiger partial charge in [0.2, 0.25) is 11.8 Å². The first-order valence-corrected chi connectivity index (χ1v) is 12.6. The Morgan fingerprint density at radius 3 is 2.27 bits per heavy atom. The summed E-state index contributed by atoms with van der Waals surface area (Å²) in [6.45, 7) is 2.29. The Bertz CT molecular complexity index is 1590. The first-order valence-electron chi connectivity index (χ1n) is 12.6. The van der Waals surface area contributed by atoms with Gasteiger partial charge in [-0.05, 0) is 30.0 Å². The minimum Gasteiger partial charge on any atom is -0.306 e. The van der Waals surface area contributed by atoms with Gasteiger partial charge in [0.1, 0.15) is 5.54 Å². The van der Waals surface area contributed by atoms with Gasteiger partial charge in [0.15, 0.2) is 0 Å². The van der Waals surface area contributed by atoms with Crippen molar-refractivity contribution in [2.75, 3.05) is 9.80 Å². The second-order valence-electron chi connectivity index (χ2n) is 10.1. The minimum atomic E-state index is -1.29. The van der Waals surface area contributed by atoms with E-state index >= 15 is 0 Å². The molecule has 2 fully saturated rings. The minimum absolute atomic E-state index is 0.183. The van der Waals surface area contributed by atoms with Crippen molar-refractivity contribution in [2.45, 2.75) is 25.0 Å². The summed E-state index contributed by atoms with van der Waals surface area (Å²) in [5.74, 6) is -2.23. The molecule has 4 atom stereocenters. The van der Waals surface area contributed by atoms with E-state index in [4.69, 9.17) is 0 Å². The van der Waals surface area contributed by atoms with Crippen LogP contribution in [0.25, 0.3) is 10.8 Å². The number of hydrogen-bond acceptors (Lipinski definition) is 4. The molecule has 0 aliphatic carbocycles. The average Bonchev–Trinajstić information content (AvgIpc) is 3.47. The van der Waals surface area contributed by atoms with Gasteiger partial charge < -0.3 is 4.90 Å². The molecule has 3 aliphatic rings.